The molecular weight excluding hydrogens is 231 g/mol. The predicted molar refractivity (Wildman–Crippen MR) is 47.8 cm³/mol. The monoisotopic (exact) mass is 245 g/mol. The quantitative estimate of drug-likeness (QED) is 0.453. The van der Waals surface area contributed by atoms with Crippen molar-refractivity contribution in [2.45, 2.75) is 13.0 Å². The van der Waals surface area contributed by atoms with E-state index in [1.807, 2.05) is 0 Å². The third kappa shape index (κ3) is 22.5. The van der Waals surface area contributed by atoms with Gasteiger partial charge < -0.3 is 23.3 Å². The van der Waals surface area contributed by atoms with Crippen LogP contribution in [0, 0.1) is 13.5 Å². The van der Waals surface area contributed by atoms with Gasteiger partial charge in [-0.2, -0.15) is 0 Å². The van der Waals surface area contributed by atoms with Gasteiger partial charge in [0.15, 0.2) is 0 Å². The molecule has 85 valence electrons. The molecule has 4 nitrogen and oxygen atoms in total. The second-order valence-corrected chi connectivity index (χ2v) is 1.78. The maximum absolute atomic E-state index is 10.5. The summed E-state index contributed by atoms with van der Waals surface area (Å²) >= 11 is 2.31. The van der Waals surface area contributed by atoms with Crippen molar-refractivity contribution in [3.63, 3.8) is 0 Å². The normalized spacial score (nSPS) is 10.3. The second-order valence-electron chi connectivity index (χ2n) is 1.78. The van der Waals surface area contributed by atoms with Gasteiger partial charge in [0, 0.05) is 6.08 Å². The fourth-order valence-corrected chi connectivity index (χ4v) is 0.363. The molecule has 0 aromatic carbocycles. The third-order valence-electron chi connectivity index (χ3n) is 0.721. The van der Waals surface area contributed by atoms with Gasteiger partial charge in [0.1, 0.15) is 0 Å². The molecule has 0 aromatic heterocycles. The number of esters is 1. The fraction of sp³-hybridized carbons (Fsp3) is 0.333. The first-order valence-corrected chi connectivity index (χ1v) is 3.94. The van der Waals surface area contributed by atoms with E-state index in [0.29, 0.717) is 0 Å². The van der Waals surface area contributed by atoms with E-state index < -0.39 is 12.1 Å². The number of allylic oxidation sites excluding steroid dienone is 1. The average Bonchev–Trinajstić information content (AvgIpc) is 2.21. The van der Waals surface area contributed by atoms with Crippen LogP contribution in [0.5, 0.6) is 0 Å². The van der Waals surface area contributed by atoms with Crippen molar-refractivity contribution in [3.05, 3.63) is 32.2 Å². The molecule has 5 heteroatoms. The van der Waals surface area contributed by atoms with Crippen LogP contribution in [0.25, 0.3) is 0 Å². The van der Waals surface area contributed by atoms with E-state index >= 15 is 0 Å². The first-order chi connectivity index (χ1) is 6.66. The Hall–Kier alpha value is -0.784. The van der Waals surface area contributed by atoms with Crippen molar-refractivity contribution >= 4 is 5.97 Å². The van der Waals surface area contributed by atoms with Crippen LogP contribution in [0.4, 0.5) is 0 Å². The molecule has 0 aliphatic rings. The van der Waals surface area contributed by atoms with Crippen molar-refractivity contribution in [3.8, 4) is 0 Å². The van der Waals surface area contributed by atoms with Crippen molar-refractivity contribution in [2.75, 3.05) is 6.61 Å². The molecule has 0 aliphatic carbocycles. The number of hydrogen-bond acceptors (Lipinski definition) is 4. The molecular formula is C9H14CoO4-2. The summed E-state index contributed by atoms with van der Waals surface area (Å²) < 4.78 is 12.4. The zero-order valence-electron chi connectivity index (χ0n) is 7.94. The summed E-state index contributed by atoms with van der Waals surface area (Å²) in [5, 5.41) is 8.56. The Labute approximate surface area is 92.4 Å². The molecule has 14 heavy (non-hydrogen) atoms. The van der Waals surface area contributed by atoms with Crippen LogP contribution in [0.1, 0.15) is 6.92 Å². The maximum atomic E-state index is 10.5. The third-order valence-corrected chi connectivity index (χ3v) is 0.721. The summed E-state index contributed by atoms with van der Waals surface area (Å²) in [5.41, 5.74) is 0. The number of carbonyl (C=O) groups excluding carboxylic acids is 1. The van der Waals surface area contributed by atoms with Crippen LogP contribution in [0.15, 0.2) is 18.7 Å². The Bertz CT molecular complexity index is 155. The first kappa shape index (κ1) is 18.9. The number of rotatable bonds is 3. The average molecular weight is 245 g/mol. The SMILES string of the molecule is [CH-]=C.[CH2-]C(O)COC(=O)/C=C/C.[O]=[Co]. The first-order valence-electron chi connectivity index (χ1n) is 3.52. The second kappa shape index (κ2) is 18.1. The van der Waals surface area contributed by atoms with Crippen LogP contribution in [0.3, 0.4) is 0 Å². The van der Waals surface area contributed by atoms with Crippen molar-refractivity contribution in [1.82, 2.24) is 0 Å². The van der Waals surface area contributed by atoms with Crippen molar-refractivity contribution in [2.24, 2.45) is 0 Å². The Morgan fingerprint density at radius 2 is 2.14 bits per heavy atom. The van der Waals surface area contributed by atoms with Crippen LogP contribution >= 0.6 is 0 Å². The summed E-state index contributed by atoms with van der Waals surface area (Å²) in [6.45, 7) is 11.9. The van der Waals surface area contributed by atoms with E-state index in [1.54, 1.807) is 13.0 Å². The van der Waals surface area contributed by atoms with E-state index in [-0.39, 0.29) is 6.61 Å². The summed E-state index contributed by atoms with van der Waals surface area (Å²) in [5.74, 6) is -0.454. The molecule has 0 aromatic rings. The zero-order chi connectivity index (χ0) is 12.0. The van der Waals surface area contributed by atoms with E-state index in [0.717, 1.165) is 0 Å². The van der Waals surface area contributed by atoms with Gasteiger partial charge in [-0.15, -0.1) is 0 Å². The number of carbonyl (C=O) groups is 1. The molecule has 0 bridgehead atoms. The summed E-state index contributed by atoms with van der Waals surface area (Å²) in [6.07, 6.45) is 2.01. The Morgan fingerprint density at radius 1 is 1.71 bits per heavy atom. The van der Waals surface area contributed by atoms with Gasteiger partial charge in [-0.25, -0.2) is 4.79 Å². The molecule has 1 atom stereocenters. The van der Waals surface area contributed by atoms with Gasteiger partial charge in [-0.1, -0.05) is 6.08 Å². The van der Waals surface area contributed by atoms with Crippen LogP contribution in [-0.2, 0) is 29.1 Å². The molecule has 0 saturated heterocycles. The zero-order valence-corrected chi connectivity index (χ0v) is 8.98. The molecule has 0 rings (SSSR count). The fourth-order valence-electron chi connectivity index (χ4n) is 0.363. The molecule has 0 spiro atoms. The van der Waals surface area contributed by atoms with Crippen molar-refractivity contribution < 1.29 is 34.2 Å². The van der Waals surface area contributed by atoms with Crippen molar-refractivity contribution in [1.29, 1.82) is 0 Å². The molecule has 0 heterocycles. The van der Waals surface area contributed by atoms with Gasteiger partial charge in [-0.3, -0.25) is 6.58 Å². The Morgan fingerprint density at radius 3 is 2.43 bits per heavy atom. The van der Waals surface area contributed by atoms with Crippen LogP contribution in [0.2, 0.25) is 0 Å². The minimum absolute atomic E-state index is 0.0524. The Kier molecular flexibility index (Phi) is 24.4. The summed E-state index contributed by atoms with van der Waals surface area (Å²) in [4.78, 5) is 10.5. The van der Waals surface area contributed by atoms with Gasteiger partial charge in [-0.05, 0) is 13.0 Å². The van der Waals surface area contributed by atoms with Gasteiger partial charge in [0.25, 0.3) is 0 Å². The van der Waals surface area contributed by atoms with E-state index in [9.17, 15) is 4.79 Å². The molecule has 0 fully saturated rings. The van der Waals surface area contributed by atoms with Crippen LogP contribution in [-0.4, -0.2) is 23.8 Å². The number of aliphatic hydroxyl groups is 1. The topological polar surface area (TPSA) is 63.6 Å². The minimum atomic E-state index is -0.839. The standard InChI is InChI=1S/C7H11O3.C2H3.Co.O/c1-3-4-7(9)10-5-6(2)8;1-2;;/h3-4,6,8H,2,5H2,1H3;1H,2H2;;/q2*-1;;/b4-3+;;;. The van der Waals surface area contributed by atoms with E-state index in [1.165, 1.54) is 6.08 Å². The molecule has 1 unspecified atom stereocenters. The van der Waals surface area contributed by atoms with Gasteiger partial charge in [0.05, 0.1) is 6.61 Å². The molecule has 1 N–H and O–H groups in total. The predicted octanol–water partition coefficient (Wildman–Crippen LogP) is 0.785. The Balaban J connectivity index is -0.000000266. The summed E-state index contributed by atoms with van der Waals surface area (Å²) in [7, 11) is 0. The van der Waals surface area contributed by atoms with Gasteiger partial charge in [0.2, 0.25) is 0 Å². The number of ether oxygens (including phenoxy) is 1. The molecule has 0 saturated carbocycles. The van der Waals surface area contributed by atoms with E-state index in [4.69, 9.17) is 8.97 Å². The number of hydrogen-bond donors (Lipinski definition) is 1. The number of aliphatic hydroxyl groups excluding tert-OH is 1. The van der Waals surface area contributed by atoms with Crippen LogP contribution < -0.4 is 0 Å². The summed E-state index contributed by atoms with van der Waals surface area (Å²) in [6, 6.07) is 0. The molecule has 0 amide bonds. The molecule has 0 aliphatic heterocycles. The van der Waals surface area contributed by atoms with Gasteiger partial charge >= 0.3 is 25.5 Å². The molecule has 0 radical (unpaired) electrons. The van der Waals surface area contributed by atoms with E-state index in [2.05, 4.69) is 40.5 Å².